The molecule has 1 atom stereocenters. The summed E-state index contributed by atoms with van der Waals surface area (Å²) in [5.41, 5.74) is 0. The highest BCUT2D eigenvalue weighted by Gasteiger charge is 2.24. The van der Waals surface area contributed by atoms with Gasteiger partial charge >= 0.3 is 0 Å². The Kier molecular flexibility index (Phi) is 6.20. The second-order valence-electron chi connectivity index (χ2n) is 4.33. The molecule has 1 N–H and O–H groups in total. The molecule has 0 spiro atoms. The molecule has 1 fully saturated rings. The van der Waals surface area contributed by atoms with Crippen molar-refractivity contribution in [3.8, 4) is 0 Å². The Hall–Kier alpha value is -0.0800. The van der Waals surface area contributed by atoms with Crippen molar-refractivity contribution in [2.45, 2.75) is 52.0 Å². The van der Waals surface area contributed by atoms with Gasteiger partial charge in [0.05, 0.1) is 0 Å². The maximum absolute atomic E-state index is 5.52. The van der Waals surface area contributed by atoms with Crippen LogP contribution >= 0.6 is 0 Å². The molecule has 0 aliphatic heterocycles. The molecule has 1 aliphatic rings. The van der Waals surface area contributed by atoms with E-state index in [2.05, 4.69) is 19.2 Å². The molecule has 2 heteroatoms. The summed E-state index contributed by atoms with van der Waals surface area (Å²) < 4.78 is 5.52. The van der Waals surface area contributed by atoms with Gasteiger partial charge in [-0.2, -0.15) is 0 Å². The highest BCUT2D eigenvalue weighted by Crippen LogP contribution is 2.34. The summed E-state index contributed by atoms with van der Waals surface area (Å²) in [4.78, 5) is 0. The van der Waals surface area contributed by atoms with Gasteiger partial charge in [0.1, 0.15) is 0 Å². The van der Waals surface area contributed by atoms with Gasteiger partial charge in [0, 0.05) is 19.3 Å². The fourth-order valence-corrected chi connectivity index (χ4v) is 1.82. The highest BCUT2D eigenvalue weighted by molar-refractivity contribution is 4.79. The average molecular weight is 199 g/mol. The second-order valence-corrected chi connectivity index (χ2v) is 4.33. The van der Waals surface area contributed by atoms with Crippen LogP contribution in [0.4, 0.5) is 0 Å². The maximum atomic E-state index is 5.52. The molecular formula is C12H25NO. The third-order valence-corrected chi connectivity index (χ3v) is 2.77. The fraction of sp³-hybridized carbons (Fsp3) is 1.00. The monoisotopic (exact) mass is 199 g/mol. The van der Waals surface area contributed by atoms with Crippen molar-refractivity contribution in [3.63, 3.8) is 0 Å². The van der Waals surface area contributed by atoms with E-state index in [4.69, 9.17) is 4.74 Å². The molecule has 1 unspecified atom stereocenters. The molecule has 0 aromatic rings. The van der Waals surface area contributed by atoms with Gasteiger partial charge in [-0.05, 0) is 31.7 Å². The van der Waals surface area contributed by atoms with Crippen molar-refractivity contribution >= 4 is 0 Å². The Labute approximate surface area is 88.4 Å². The zero-order chi connectivity index (χ0) is 10.2. The smallest absolute Gasteiger partial charge is 0.0480 e. The molecule has 1 rings (SSSR count). The van der Waals surface area contributed by atoms with Gasteiger partial charge in [-0.15, -0.1) is 0 Å². The third-order valence-electron chi connectivity index (χ3n) is 2.77. The van der Waals surface area contributed by atoms with Crippen LogP contribution in [0.2, 0.25) is 0 Å². The van der Waals surface area contributed by atoms with Crippen LogP contribution in [0.3, 0.4) is 0 Å². The van der Waals surface area contributed by atoms with Crippen LogP contribution in [0.1, 0.15) is 46.0 Å². The Morgan fingerprint density at radius 2 is 2.07 bits per heavy atom. The van der Waals surface area contributed by atoms with Crippen molar-refractivity contribution in [1.82, 2.24) is 5.32 Å². The first kappa shape index (κ1) is 12.0. The standard InChI is InChI=1S/C12H25NO/c1-3-8-14-9-7-12(13-4-2)10-11-5-6-11/h11-13H,3-10H2,1-2H3. The minimum atomic E-state index is 0.698. The van der Waals surface area contributed by atoms with Gasteiger partial charge in [0.15, 0.2) is 0 Å². The van der Waals surface area contributed by atoms with Gasteiger partial charge in [0.2, 0.25) is 0 Å². The van der Waals surface area contributed by atoms with Gasteiger partial charge in [-0.3, -0.25) is 0 Å². The molecule has 1 aliphatic carbocycles. The van der Waals surface area contributed by atoms with Crippen molar-refractivity contribution in [3.05, 3.63) is 0 Å². The summed E-state index contributed by atoms with van der Waals surface area (Å²) >= 11 is 0. The normalized spacial score (nSPS) is 18.4. The molecule has 0 heterocycles. The van der Waals surface area contributed by atoms with Crippen LogP contribution in [-0.4, -0.2) is 25.8 Å². The third kappa shape index (κ3) is 5.61. The van der Waals surface area contributed by atoms with Crippen molar-refractivity contribution in [2.24, 2.45) is 5.92 Å². The zero-order valence-electron chi connectivity index (χ0n) is 9.72. The van der Waals surface area contributed by atoms with Crippen LogP contribution in [0.15, 0.2) is 0 Å². The zero-order valence-corrected chi connectivity index (χ0v) is 9.72. The van der Waals surface area contributed by atoms with Crippen LogP contribution in [0.5, 0.6) is 0 Å². The first-order valence-corrected chi connectivity index (χ1v) is 6.18. The van der Waals surface area contributed by atoms with Crippen LogP contribution in [0.25, 0.3) is 0 Å². The average Bonchev–Trinajstić information content (AvgIpc) is 2.96. The van der Waals surface area contributed by atoms with E-state index in [1.54, 1.807) is 0 Å². The molecule has 14 heavy (non-hydrogen) atoms. The molecular weight excluding hydrogens is 174 g/mol. The number of hydrogen-bond donors (Lipinski definition) is 1. The summed E-state index contributed by atoms with van der Waals surface area (Å²) in [5.74, 6) is 1.02. The predicted octanol–water partition coefficient (Wildman–Crippen LogP) is 2.58. The number of ether oxygens (including phenoxy) is 1. The van der Waals surface area contributed by atoms with E-state index in [1.165, 1.54) is 25.7 Å². The fourth-order valence-electron chi connectivity index (χ4n) is 1.82. The molecule has 84 valence electrons. The lowest BCUT2D eigenvalue weighted by atomic mass is 10.1. The van der Waals surface area contributed by atoms with Crippen LogP contribution < -0.4 is 5.32 Å². The van der Waals surface area contributed by atoms with Gasteiger partial charge in [-0.25, -0.2) is 0 Å². The Bertz CT molecular complexity index is 134. The lowest BCUT2D eigenvalue weighted by molar-refractivity contribution is 0.123. The lowest BCUT2D eigenvalue weighted by Crippen LogP contribution is -2.30. The molecule has 0 radical (unpaired) electrons. The van der Waals surface area contributed by atoms with Crippen molar-refractivity contribution in [1.29, 1.82) is 0 Å². The Morgan fingerprint density at radius 1 is 1.29 bits per heavy atom. The van der Waals surface area contributed by atoms with Crippen molar-refractivity contribution < 1.29 is 4.74 Å². The minimum absolute atomic E-state index is 0.698. The van der Waals surface area contributed by atoms with E-state index in [9.17, 15) is 0 Å². The van der Waals surface area contributed by atoms with Crippen LogP contribution in [-0.2, 0) is 4.74 Å². The Balaban J connectivity index is 2.01. The van der Waals surface area contributed by atoms with E-state index < -0.39 is 0 Å². The lowest BCUT2D eigenvalue weighted by Gasteiger charge is -2.17. The second kappa shape index (κ2) is 7.24. The van der Waals surface area contributed by atoms with E-state index in [1.807, 2.05) is 0 Å². The summed E-state index contributed by atoms with van der Waals surface area (Å²) in [6.07, 6.45) is 6.59. The van der Waals surface area contributed by atoms with E-state index in [0.717, 1.165) is 32.1 Å². The summed E-state index contributed by atoms with van der Waals surface area (Å²) in [6, 6.07) is 0.698. The van der Waals surface area contributed by atoms with Gasteiger partial charge in [-0.1, -0.05) is 26.7 Å². The summed E-state index contributed by atoms with van der Waals surface area (Å²) in [7, 11) is 0. The molecule has 0 bridgehead atoms. The molecule has 2 nitrogen and oxygen atoms in total. The quantitative estimate of drug-likeness (QED) is 0.576. The number of hydrogen-bond acceptors (Lipinski definition) is 2. The molecule has 0 saturated heterocycles. The largest absolute Gasteiger partial charge is 0.381 e. The highest BCUT2D eigenvalue weighted by atomic mass is 16.5. The van der Waals surface area contributed by atoms with Gasteiger partial charge in [0.25, 0.3) is 0 Å². The predicted molar refractivity (Wildman–Crippen MR) is 60.5 cm³/mol. The van der Waals surface area contributed by atoms with Gasteiger partial charge < -0.3 is 10.1 Å². The SMILES string of the molecule is CCCOCCC(CC1CC1)NCC. The van der Waals surface area contributed by atoms with E-state index in [-0.39, 0.29) is 0 Å². The molecule has 0 amide bonds. The van der Waals surface area contributed by atoms with Crippen LogP contribution in [0, 0.1) is 5.92 Å². The first-order chi connectivity index (χ1) is 6.86. The van der Waals surface area contributed by atoms with E-state index in [0.29, 0.717) is 6.04 Å². The number of rotatable bonds is 9. The first-order valence-electron chi connectivity index (χ1n) is 6.18. The minimum Gasteiger partial charge on any atom is -0.381 e. The molecule has 0 aromatic carbocycles. The Morgan fingerprint density at radius 3 is 2.64 bits per heavy atom. The van der Waals surface area contributed by atoms with E-state index >= 15 is 0 Å². The molecule has 0 aromatic heterocycles. The van der Waals surface area contributed by atoms with Crippen molar-refractivity contribution in [2.75, 3.05) is 19.8 Å². The maximum Gasteiger partial charge on any atom is 0.0480 e. The summed E-state index contributed by atoms with van der Waals surface area (Å²) in [5, 5.41) is 3.55. The molecule has 1 saturated carbocycles. The summed E-state index contributed by atoms with van der Waals surface area (Å²) in [6.45, 7) is 7.28. The topological polar surface area (TPSA) is 21.3 Å². The number of nitrogens with one attached hydrogen (secondary N) is 1.